The fourth-order valence-electron chi connectivity index (χ4n) is 4.90. The lowest BCUT2D eigenvalue weighted by molar-refractivity contribution is -0.137. The number of nitrogens with zero attached hydrogens (tertiary/aromatic N) is 2. The van der Waals surface area contributed by atoms with Gasteiger partial charge in [0, 0.05) is 51.0 Å². The zero-order valence-electron chi connectivity index (χ0n) is 26.8. The normalized spacial score (nSPS) is 15.1. The Morgan fingerprint density at radius 1 is 0.913 bits per heavy atom. The SMILES string of the molecule is CCCC(=O)[C@@H](NC(=O)[C@H](CO)CC(=O)[C@H](CCCN=C(N)N)NC(=O)CCCCCN1C(=O)C=CC1=O)C(C)CCNC(N)=O. The van der Waals surface area contributed by atoms with Gasteiger partial charge in [0.05, 0.1) is 24.6 Å². The number of aliphatic hydroxyl groups excluding tert-OH is 1. The summed E-state index contributed by atoms with van der Waals surface area (Å²) in [6.45, 7) is 3.54. The van der Waals surface area contributed by atoms with E-state index in [1.165, 1.54) is 12.2 Å². The van der Waals surface area contributed by atoms with Gasteiger partial charge in [0.1, 0.15) is 0 Å². The summed E-state index contributed by atoms with van der Waals surface area (Å²) >= 11 is 0. The lowest BCUT2D eigenvalue weighted by Crippen LogP contribution is -2.49. The summed E-state index contributed by atoms with van der Waals surface area (Å²) < 4.78 is 0. The Morgan fingerprint density at radius 2 is 1.59 bits per heavy atom. The molecule has 0 saturated carbocycles. The van der Waals surface area contributed by atoms with E-state index in [1.54, 1.807) is 6.92 Å². The van der Waals surface area contributed by atoms with Crippen molar-refractivity contribution >= 4 is 47.2 Å². The number of carbonyl (C=O) groups excluding carboxylic acids is 7. The molecule has 258 valence electrons. The van der Waals surface area contributed by atoms with Crippen LogP contribution < -0.4 is 33.2 Å². The van der Waals surface area contributed by atoms with Crippen molar-refractivity contribution in [3.63, 3.8) is 0 Å². The summed E-state index contributed by atoms with van der Waals surface area (Å²) in [6.07, 6.45) is 5.28. The van der Waals surface area contributed by atoms with Crippen molar-refractivity contribution in [3.8, 4) is 0 Å². The zero-order chi connectivity index (χ0) is 34.6. The minimum atomic E-state index is -1.18. The molecular formula is C30H50N8O8. The third kappa shape index (κ3) is 15.1. The molecule has 0 spiro atoms. The van der Waals surface area contributed by atoms with Gasteiger partial charge in [0.15, 0.2) is 17.5 Å². The fourth-order valence-corrected chi connectivity index (χ4v) is 4.90. The van der Waals surface area contributed by atoms with Crippen molar-refractivity contribution < 1.29 is 38.7 Å². The van der Waals surface area contributed by atoms with E-state index in [0.29, 0.717) is 38.5 Å². The van der Waals surface area contributed by atoms with Crippen molar-refractivity contribution in [2.75, 3.05) is 26.2 Å². The van der Waals surface area contributed by atoms with Crippen molar-refractivity contribution in [3.05, 3.63) is 12.2 Å². The van der Waals surface area contributed by atoms with Crippen LogP contribution >= 0.6 is 0 Å². The van der Waals surface area contributed by atoms with Gasteiger partial charge in [-0.15, -0.1) is 0 Å². The van der Waals surface area contributed by atoms with Crippen LogP contribution in [-0.2, 0) is 28.8 Å². The molecule has 1 aliphatic rings. The molecule has 0 radical (unpaired) electrons. The molecule has 1 aliphatic heterocycles. The summed E-state index contributed by atoms with van der Waals surface area (Å²) in [4.78, 5) is 91.4. The van der Waals surface area contributed by atoms with Crippen molar-refractivity contribution in [1.29, 1.82) is 0 Å². The molecule has 1 rings (SSSR count). The van der Waals surface area contributed by atoms with Crippen molar-refractivity contribution in [2.45, 2.75) is 90.1 Å². The van der Waals surface area contributed by atoms with Crippen LogP contribution in [0, 0.1) is 11.8 Å². The maximum atomic E-state index is 13.3. The first-order valence-electron chi connectivity index (χ1n) is 15.7. The summed E-state index contributed by atoms with van der Waals surface area (Å²) in [5, 5.41) is 17.9. The predicted molar refractivity (Wildman–Crippen MR) is 170 cm³/mol. The van der Waals surface area contributed by atoms with E-state index in [1.807, 2.05) is 6.92 Å². The van der Waals surface area contributed by atoms with Gasteiger partial charge in [-0.05, 0) is 44.4 Å². The number of Topliss-reactive ketones (excluding diaryl/α,β-unsaturated/α-hetero) is 2. The van der Waals surface area contributed by atoms with Gasteiger partial charge in [0.2, 0.25) is 11.8 Å². The highest BCUT2D eigenvalue weighted by molar-refractivity contribution is 6.12. The number of aliphatic hydroxyl groups is 1. The molecule has 0 aliphatic carbocycles. The molecule has 1 unspecified atom stereocenters. The summed E-state index contributed by atoms with van der Waals surface area (Å²) in [5.74, 6) is -4.19. The molecule has 6 amide bonds. The molecule has 0 aromatic rings. The zero-order valence-corrected chi connectivity index (χ0v) is 26.8. The van der Waals surface area contributed by atoms with E-state index in [-0.39, 0.29) is 68.4 Å². The first kappa shape index (κ1) is 39.7. The number of amides is 6. The minimum Gasteiger partial charge on any atom is -0.396 e. The van der Waals surface area contributed by atoms with Crippen LogP contribution in [0.2, 0.25) is 0 Å². The summed E-state index contributed by atoms with van der Waals surface area (Å²) in [6, 6.07) is -2.60. The van der Waals surface area contributed by atoms with Crippen LogP contribution in [-0.4, -0.2) is 95.5 Å². The first-order valence-corrected chi connectivity index (χ1v) is 15.7. The quantitative estimate of drug-likeness (QED) is 0.0293. The largest absolute Gasteiger partial charge is 0.396 e. The van der Waals surface area contributed by atoms with Gasteiger partial charge in [-0.1, -0.05) is 20.3 Å². The Balaban J connectivity index is 2.82. The Morgan fingerprint density at radius 3 is 2.17 bits per heavy atom. The maximum absolute atomic E-state index is 13.3. The minimum absolute atomic E-state index is 0.0887. The Labute approximate surface area is 269 Å². The van der Waals surface area contributed by atoms with Crippen LogP contribution in [0.5, 0.6) is 0 Å². The number of nitrogens with one attached hydrogen (secondary N) is 3. The van der Waals surface area contributed by atoms with E-state index in [4.69, 9.17) is 17.2 Å². The predicted octanol–water partition coefficient (Wildman–Crippen LogP) is -0.874. The highest BCUT2D eigenvalue weighted by atomic mass is 16.3. The number of hydrogen-bond donors (Lipinski definition) is 7. The van der Waals surface area contributed by atoms with Gasteiger partial charge in [-0.25, -0.2) is 4.79 Å². The topological polar surface area (TPSA) is 269 Å². The maximum Gasteiger partial charge on any atom is 0.312 e. The standard InChI is InChI=1S/C30H50N8O8/c1-3-8-22(40)27(19(2)13-15-35-30(33)46)37-28(45)20(18-39)17-23(41)21(9-7-14-34-29(31)32)36-24(42)10-5-4-6-16-38-25(43)11-12-26(38)44/h11-12,19-21,27,39H,3-10,13-18H2,1-2H3,(H,36,42)(H,37,45)(H4,31,32,34)(H3,33,35,46)/t19?,20-,21-,27-/m0/s1. The molecular weight excluding hydrogens is 600 g/mol. The molecule has 0 bridgehead atoms. The molecule has 46 heavy (non-hydrogen) atoms. The van der Waals surface area contributed by atoms with Crippen LogP contribution in [0.3, 0.4) is 0 Å². The van der Waals surface area contributed by atoms with Crippen LogP contribution in [0.1, 0.15) is 78.1 Å². The van der Waals surface area contributed by atoms with E-state index in [2.05, 4.69) is 20.9 Å². The number of imide groups is 1. The molecule has 10 N–H and O–H groups in total. The number of urea groups is 1. The van der Waals surface area contributed by atoms with Gasteiger partial charge in [-0.2, -0.15) is 0 Å². The monoisotopic (exact) mass is 650 g/mol. The average Bonchev–Trinajstić information content (AvgIpc) is 3.31. The van der Waals surface area contributed by atoms with Gasteiger partial charge in [-0.3, -0.25) is 38.7 Å². The molecule has 16 nitrogen and oxygen atoms in total. The third-order valence-corrected chi connectivity index (χ3v) is 7.50. The molecule has 0 fully saturated rings. The van der Waals surface area contributed by atoms with Crippen molar-refractivity contribution in [1.82, 2.24) is 20.9 Å². The lowest BCUT2D eigenvalue weighted by Gasteiger charge is -2.26. The third-order valence-electron chi connectivity index (χ3n) is 7.50. The molecule has 0 saturated heterocycles. The second kappa shape index (κ2) is 21.4. The highest BCUT2D eigenvalue weighted by Gasteiger charge is 2.32. The van der Waals surface area contributed by atoms with E-state index >= 15 is 0 Å². The Bertz CT molecular complexity index is 1120. The van der Waals surface area contributed by atoms with Crippen LogP contribution in [0.15, 0.2) is 17.1 Å². The van der Waals surface area contributed by atoms with Gasteiger partial charge >= 0.3 is 6.03 Å². The first-order chi connectivity index (χ1) is 21.8. The molecule has 1 heterocycles. The second-order valence-corrected chi connectivity index (χ2v) is 11.4. The fraction of sp³-hybridized carbons (Fsp3) is 0.667. The number of primary amides is 1. The van der Waals surface area contributed by atoms with Gasteiger partial charge < -0.3 is 38.3 Å². The molecule has 0 aromatic carbocycles. The van der Waals surface area contributed by atoms with E-state index < -0.39 is 54.7 Å². The van der Waals surface area contributed by atoms with Crippen molar-refractivity contribution in [2.24, 2.45) is 34.0 Å². The lowest BCUT2D eigenvalue weighted by atomic mass is 9.90. The van der Waals surface area contributed by atoms with Gasteiger partial charge in [0.25, 0.3) is 11.8 Å². The van der Waals surface area contributed by atoms with Crippen LogP contribution in [0.25, 0.3) is 0 Å². The molecule has 16 heteroatoms. The highest BCUT2D eigenvalue weighted by Crippen LogP contribution is 2.16. The number of carbonyl (C=O) groups is 7. The number of hydrogen-bond acceptors (Lipinski definition) is 9. The number of unbranched alkanes of at least 4 members (excludes halogenated alkanes) is 2. The second-order valence-electron chi connectivity index (χ2n) is 11.4. The van der Waals surface area contributed by atoms with E-state index in [9.17, 15) is 38.7 Å². The van der Waals surface area contributed by atoms with Crippen LogP contribution in [0.4, 0.5) is 4.79 Å². The number of ketones is 2. The average molecular weight is 651 g/mol. The smallest absolute Gasteiger partial charge is 0.312 e. The molecule has 4 atom stereocenters. The number of guanidine groups is 1. The Hall–Kier alpha value is -4.34. The number of nitrogens with two attached hydrogens (primary N) is 3. The number of rotatable bonds is 24. The van der Waals surface area contributed by atoms with E-state index in [0.717, 1.165) is 4.90 Å². The summed E-state index contributed by atoms with van der Waals surface area (Å²) in [7, 11) is 0. The molecule has 0 aromatic heterocycles. The summed E-state index contributed by atoms with van der Waals surface area (Å²) in [5.41, 5.74) is 15.8. The Kier molecular flexibility index (Phi) is 18.5. The number of aliphatic imine (C=N–C) groups is 1.